The molecule has 0 heterocycles. The summed E-state index contributed by atoms with van der Waals surface area (Å²) in [5.41, 5.74) is 3.88. The first-order chi connectivity index (χ1) is 10.1. The molecule has 0 aromatic heterocycles. The van der Waals surface area contributed by atoms with Gasteiger partial charge in [-0.05, 0) is 60.8 Å². The number of nitrogens with one attached hydrogen (secondary N) is 1. The second-order valence-electron chi connectivity index (χ2n) is 6.76. The highest BCUT2D eigenvalue weighted by Gasteiger charge is 2.19. The summed E-state index contributed by atoms with van der Waals surface area (Å²) in [7, 11) is 0. The molecule has 1 aliphatic rings. The van der Waals surface area contributed by atoms with Crippen LogP contribution in [-0.2, 0) is 17.6 Å². The Morgan fingerprint density at radius 3 is 2.86 bits per heavy atom. The molecule has 0 radical (unpaired) electrons. The van der Waals surface area contributed by atoms with Crippen molar-refractivity contribution in [2.75, 3.05) is 5.32 Å². The van der Waals surface area contributed by atoms with Crippen molar-refractivity contribution in [3.8, 4) is 0 Å². The Labute approximate surface area is 129 Å². The molecule has 0 aliphatic heterocycles. The van der Waals surface area contributed by atoms with Gasteiger partial charge in [-0.1, -0.05) is 39.2 Å². The van der Waals surface area contributed by atoms with E-state index >= 15 is 0 Å². The molecule has 2 nitrogen and oxygen atoms in total. The Morgan fingerprint density at radius 2 is 2.14 bits per heavy atom. The summed E-state index contributed by atoms with van der Waals surface area (Å²) in [6, 6.07) is 6.47. The number of hydrogen-bond donors (Lipinski definition) is 1. The van der Waals surface area contributed by atoms with Crippen molar-refractivity contribution in [1.82, 2.24) is 0 Å². The van der Waals surface area contributed by atoms with Crippen LogP contribution in [-0.4, -0.2) is 5.91 Å². The Bertz CT molecular complexity index is 480. The highest BCUT2D eigenvalue weighted by atomic mass is 16.1. The molecule has 1 aliphatic carbocycles. The maximum absolute atomic E-state index is 11.2. The van der Waals surface area contributed by atoms with Gasteiger partial charge in [-0.2, -0.15) is 0 Å². The van der Waals surface area contributed by atoms with Crippen molar-refractivity contribution in [3.05, 3.63) is 29.3 Å². The van der Waals surface area contributed by atoms with Gasteiger partial charge in [0.25, 0.3) is 0 Å². The van der Waals surface area contributed by atoms with Crippen molar-refractivity contribution < 1.29 is 4.79 Å². The van der Waals surface area contributed by atoms with Crippen LogP contribution in [0.5, 0.6) is 0 Å². The number of aryl methyl sites for hydroxylation is 1. The van der Waals surface area contributed by atoms with Gasteiger partial charge < -0.3 is 5.32 Å². The number of amides is 1. The molecular weight excluding hydrogens is 258 g/mol. The first-order valence-electron chi connectivity index (χ1n) is 8.47. The predicted octanol–water partition coefficient (Wildman–Crippen LogP) is 4.97. The normalized spacial score (nSPS) is 22.0. The van der Waals surface area contributed by atoms with E-state index in [0.717, 1.165) is 17.5 Å². The lowest BCUT2D eigenvalue weighted by atomic mass is 9.80. The summed E-state index contributed by atoms with van der Waals surface area (Å²) in [4.78, 5) is 11.2. The number of hydrogen-bond acceptors (Lipinski definition) is 1. The molecule has 1 aromatic rings. The van der Waals surface area contributed by atoms with Crippen LogP contribution in [0.15, 0.2) is 18.2 Å². The molecule has 116 valence electrons. The van der Waals surface area contributed by atoms with E-state index in [4.69, 9.17) is 0 Å². The number of anilines is 1. The van der Waals surface area contributed by atoms with Crippen LogP contribution >= 0.6 is 0 Å². The maximum Gasteiger partial charge on any atom is 0.221 e. The summed E-state index contributed by atoms with van der Waals surface area (Å²) in [6.45, 7) is 6.24. The molecule has 0 fully saturated rings. The third-order valence-corrected chi connectivity index (χ3v) is 4.64. The van der Waals surface area contributed by atoms with Crippen LogP contribution in [0.3, 0.4) is 0 Å². The lowest BCUT2D eigenvalue weighted by Gasteiger charge is -2.26. The lowest BCUT2D eigenvalue weighted by molar-refractivity contribution is -0.114. The second-order valence-corrected chi connectivity index (χ2v) is 6.76. The summed E-state index contributed by atoms with van der Waals surface area (Å²) < 4.78 is 0. The first-order valence-corrected chi connectivity index (χ1v) is 8.47. The largest absolute Gasteiger partial charge is 0.326 e. The molecule has 2 atom stereocenters. The van der Waals surface area contributed by atoms with E-state index in [1.54, 1.807) is 6.92 Å². The number of rotatable bonds is 4. The molecule has 1 unspecified atom stereocenters. The van der Waals surface area contributed by atoms with E-state index in [9.17, 15) is 4.79 Å². The van der Waals surface area contributed by atoms with Crippen LogP contribution in [0.2, 0.25) is 0 Å². The zero-order valence-electron chi connectivity index (χ0n) is 13.7. The van der Waals surface area contributed by atoms with Crippen molar-refractivity contribution in [1.29, 1.82) is 0 Å². The number of fused-ring (bicyclic) bond motifs is 1. The van der Waals surface area contributed by atoms with Crippen molar-refractivity contribution >= 4 is 11.6 Å². The average molecular weight is 287 g/mol. The van der Waals surface area contributed by atoms with Crippen molar-refractivity contribution in [2.24, 2.45) is 11.8 Å². The Balaban J connectivity index is 2.19. The predicted molar refractivity (Wildman–Crippen MR) is 89.6 cm³/mol. The van der Waals surface area contributed by atoms with Crippen LogP contribution in [0.25, 0.3) is 0 Å². The van der Waals surface area contributed by atoms with Gasteiger partial charge in [0.1, 0.15) is 0 Å². The highest BCUT2D eigenvalue weighted by molar-refractivity contribution is 5.88. The molecule has 0 bridgehead atoms. The fourth-order valence-electron chi connectivity index (χ4n) is 3.54. The van der Waals surface area contributed by atoms with Gasteiger partial charge in [0.05, 0.1) is 0 Å². The fourth-order valence-corrected chi connectivity index (χ4v) is 3.54. The summed E-state index contributed by atoms with van der Waals surface area (Å²) in [5.74, 6) is 1.64. The maximum atomic E-state index is 11.2. The van der Waals surface area contributed by atoms with Gasteiger partial charge in [0.2, 0.25) is 5.91 Å². The van der Waals surface area contributed by atoms with Gasteiger partial charge >= 0.3 is 0 Å². The summed E-state index contributed by atoms with van der Waals surface area (Å²) in [6.07, 6.45) is 8.94. The van der Waals surface area contributed by atoms with E-state index in [1.807, 2.05) is 6.07 Å². The Hall–Kier alpha value is -1.31. The minimum atomic E-state index is 0.0111. The standard InChI is InChI=1S/C19H29NO/c1-4-5-6-16-11-14(2)7-8-17-9-10-19(20-15(3)21)13-18(17)12-16/h9-10,13-14,16H,4-8,11-12H2,1-3H3,(H,20,21)/t14-,16?/m1/s1. The number of carbonyl (C=O) groups excluding carboxylic acids is 1. The van der Waals surface area contributed by atoms with Crippen molar-refractivity contribution in [2.45, 2.75) is 65.7 Å². The SMILES string of the molecule is CCCCC1Cc2cc(NC(C)=O)ccc2CC[C@@H](C)C1. The molecule has 0 saturated carbocycles. The second kappa shape index (κ2) is 7.63. The molecule has 2 rings (SSSR count). The molecule has 2 heteroatoms. The van der Waals surface area contributed by atoms with E-state index in [0.29, 0.717) is 0 Å². The van der Waals surface area contributed by atoms with Gasteiger partial charge in [-0.25, -0.2) is 0 Å². The minimum absolute atomic E-state index is 0.0111. The topological polar surface area (TPSA) is 29.1 Å². The van der Waals surface area contributed by atoms with E-state index in [1.165, 1.54) is 56.1 Å². The fraction of sp³-hybridized carbons (Fsp3) is 0.632. The van der Waals surface area contributed by atoms with Crippen molar-refractivity contribution in [3.63, 3.8) is 0 Å². The van der Waals surface area contributed by atoms with Gasteiger partial charge in [0.15, 0.2) is 0 Å². The lowest BCUT2D eigenvalue weighted by Crippen LogP contribution is -2.16. The average Bonchev–Trinajstić information content (AvgIpc) is 2.41. The molecule has 21 heavy (non-hydrogen) atoms. The molecule has 1 N–H and O–H groups in total. The number of benzene rings is 1. The molecule has 0 saturated heterocycles. The summed E-state index contributed by atoms with van der Waals surface area (Å²) in [5, 5.41) is 2.92. The summed E-state index contributed by atoms with van der Waals surface area (Å²) >= 11 is 0. The van der Waals surface area contributed by atoms with E-state index in [-0.39, 0.29) is 5.91 Å². The number of carbonyl (C=O) groups is 1. The third-order valence-electron chi connectivity index (χ3n) is 4.64. The van der Waals surface area contributed by atoms with Crippen LogP contribution in [0.4, 0.5) is 5.69 Å². The molecule has 1 aromatic carbocycles. The zero-order chi connectivity index (χ0) is 15.2. The van der Waals surface area contributed by atoms with Gasteiger partial charge in [-0.15, -0.1) is 0 Å². The van der Waals surface area contributed by atoms with Crippen LogP contribution < -0.4 is 5.32 Å². The molecule has 1 amide bonds. The minimum Gasteiger partial charge on any atom is -0.326 e. The monoisotopic (exact) mass is 287 g/mol. The third kappa shape index (κ3) is 4.87. The molecular formula is C19H29NO. The highest BCUT2D eigenvalue weighted by Crippen LogP contribution is 2.31. The quantitative estimate of drug-likeness (QED) is 0.832. The zero-order valence-corrected chi connectivity index (χ0v) is 13.7. The smallest absolute Gasteiger partial charge is 0.221 e. The van der Waals surface area contributed by atoms with Crippen LogP contribution in [0, 0.1) is 11.8 Å². The Kier molecular flexibility index (Phi) is 5.84. The first kappa shape index (κ1) is 16.1. The Morgan fingerprint density at radius 1 is 1.33 bits per heavy atom. The van der Waals surface area contributed by atoms with E-state index < -0.39 is 0 Å². The molecule has 0 spiro atoms. The van der Waals surface area contributed by atoms with Crippen LogP contribution in [0.1, 0.15) is 64.0 Å². The van der Waals surface area contributed by atoms with Gasteiger partial charge in [-0.3, -0.25) is 4.79 Å². The van der Waals surface area contributed by atoms with Gasteiger partial charge in [0, 0.05) is 12.6 Å². The number of unbranched alkanes of at least 4 members (excludes halogenated alkanes) is 1. The van der Waals surface area contributed by atoms with E-state index in [2.05, 4.69) is 31.3 Å².